The van der Waals surface area contributed by atoms with Crippen molar-refractivity contribution >= 4 is 29.9 Å². The van der Waals surface area contributed by atoms with Crippen LogP contribution in [0.15, 0.2) is 4.99 Å². The quantitative estimate of drug-likeness (QED) is 0.364. The van der Waals surface area contributed by atoms with Gasteiger partial charge in [0.2, 0.25) is 0 Å². The number of likely N-dealkylation sites (tertiary alicyclic amines) is 1. The van der Waals surface area contributed by atoms with Crippen molar-refractivity contribution < 1.29 is 0 Å². The zero-order chi connectivity index (χ0) is 18.4. The predicted octanol–water partition coefficient (Wildman–Crippen LogP) is 3.25. The number of aliphatic imine (C=N–C) groups is 1. The van der Waals surface area contributed by atoms with Gasteiger partial charge in [-0.2, -0.15) is 0 Å². The molecular weight excluding hydrogens is 449 g/mol. The van der Waals surface area contributed by atoms with Crippen LogP contribution in [0.4, 0.5) is 0 Å². The van der Waals surface area contributed by atoms with Gasteiger partial charge < -0.3 is 15.1 Å². The fourth-order valence-electron chi connectivity index (χ4n) is 5.11. The Morgan fingerprint density at radius 2 is 1.70 bits per heavy atom. The number of hydrogen-bond donors (Lipinski definition) is 1. The van der Waals surface area contributed by atoms with Crippen LogP contribution in [0.2, 0.25) is 0 Å². The lowest BCUT2D eigenvalue weighted by Gasteiger charge is -2.37. The molecule has 27 heavy (non-hydrogen) atoms. The molecule has 0 bridgehead atoms. The number of halogens is 1. The molecule has 1 saturated carbocycles. The molecule has 2 aliphatic heterocycles. The Balaban J connectivity index is 0.00000261. The van der Waals surface area contributed by atoms with Crippen molar-refractivity contribution in [2.75, 3.05) is 58.9 Å². The minimum atomic E-state index is 0. The molecule has 5 nitrogen and oxygen atoms in total. The Hall–Kier alpha value is -0.0800. The summed E-state index contributed by atoms with van der Waals surface area (Å²) in [5.41, 5.74) is 0.594. The third-order valence-corrected chi connectivity index (χ3v) is 6.97. The molecule has 3 rings (SSSR count). The van der Waals surface area contributed by atoms with E-state index >= 15 is 0 Å². The molecule has 158 valence electrons. The molecular formula is C21H42IN5. The highest BCUT2D eigenvalue weighted by Gasteiger charge is 2.39. The van der Waals surface area contributed by atoms with Gasteiger partial charge in [-0.1, -0.05) is 26.2 Å². The molecule has 3 fully saturated rings. The van der Waals surface area contributed by atoms with Crippen molar-refractivity contribution in [1.29, 1.82) is 0 Å². The van der Waals surface area contributed by atoms with Crippen LogP contribution in [0.3, 0.4) is 0 Å². The first-order chi connectivity index (χ1) is 12.7. The fourth-order valence-corrected chi connectivity index (χ4v) is 5.11. The van der Waals surface area contributed by atoms with Crippen LogP contribution in [-0.4, -0.2) is 85.6 Å². The van der Waals surface area contributed by atoms with E-state index < -0.39 is 0 Å². The molecule has 0 amide bonds. The highest BCUT2D eigenvalue weighted by molar-refractivity contribution is 14.0. The van der Waals surface area contributed by atoms with Crippen molar-refractivity contribution in [3.63, 3.8) is 0 Å². The van der Waals surface area contributed by atoms with Crippen molar-refractivity contribution in [1.82, 2.24) is 20.0 Å². The van der Waals surface area contributed by atoms with Gasteiger partial charge in [-0.15, -0.1) is 24.0 Å². The summed E-state index contributed by atoms with van der Waals surface area (Å²) in [5.74, 6) is 1.16. The summed E-state index contributed by atoms with van der Waals surface area (Å²) in [6, 6.07) is 0.536. The maximum atomic E-state index is 5.06. The van der Waals surface area contributed by atoms with Crippen LogP contribution in [0.1, 0.15) is 59.3 Å². The molecule has 2 saturated heterocycles. The second-order valence-electron chi connectivity index (χ2n) is 8.75. The van der Waals surface area contributed by atoms with Crippen LogP contribution < -0.4 is 5.32 Å². The van der Waals surface area contributed by atoms with Crippen molar-refractivity contribution in [3.05, 3.63) is 0 Å². The number of likely N-dealkylation sites (N-methyl/N-ethyl adjacent to an activating group) is 1. The first-order valence-electron chi connectivity index (χ1n) is 11.2. The summed E-state index contributed by atoms with van der Waals surface area (Å²) >= 11 is 0. The molecule has 0 aromatic carbocycles. The van der Waals surface area contributed by atoms with E-state index in [4.69, 9.17) is 4.99 Å². The third kappa shape index (κ3) is 6.20. The average Bonchev–Trinajstić information content (AvgIpc) is 3.08. The maximum absolute atomic E-state index is 5.06. The first-order valence-corrected chi connectivity index (χ1v) is 11.2. The number of piperazine rings is 1. The maximum Gasteiger partial charge on any atom is 0.193 e. The second kappa shape index (κ2) is 11.2. The SMILES string of the molecule is CCNC(=NCC(C)N1CCN(CC)CC1)N1CCC2(CCCCC2)C1.I. The lowest BCUT2D eigenvalue weighted by atomic mass is 9.73. The van der Waals surface area contributed by atoms with Gasteiger partial charge in [0.25, 0.3) is 0 Å². The van der Waals surface area contributed by atoms with Gasteiger partial charge in [0.1, 0.15) is 0 Å². The normalized spacial score (nSPS) is 25.4. The molecule has 1 atom stereocenters. The van der Waals surface area contributed by atoms with Crippen LogP contribution in [0.25, 0.3) is 0 Å². The summed E-state index contributed by atoms with van der Waals surface area (Å²) in [4.78, 5) is 12.8. The smallest absolute Gasteiger partial charge is 0.193 e. The zero-order valence-electron chi connectivity index (χ0n) is 17.9. The molecule has 1 unspecified atom stereocenters. The van der Waals surface area contributed by atoms with Gasteiger partial charge >= 0.3 is 0 Å². The number of guanidine groups is 1. The molecule has 0 aromatic heterocycles. The van der Waals surface area contributed by atoms with Gasteiger partial charge in [-0.25, -0.2) is 0 Å². The Morgan fingerprint density at radius 1 is 1.00 bits per heavy atom. The second-order valence-corrected chi connectivity index (χ2v) is 8.75. The summed E-state index contributed by atoms with van der Waals surface area (Å²) in [7, 11) is 0. The van der Waals surface area contributed by atoms with Crippen LogP contribution in [-0.2, 0) is 0 Å². The van der Waals surface area contributed by atoms with E-state index in [1.807, 2.05) is 0 Å². The lowest BCUT2D eigenvalue weighted by molar-refractivity contribution is 0.109. The first kappa shape index (κ1) is 23.2. The van der Waals surface area contributed by atoms with E-state index in [9.17, 15) is 0 Å². The van der Waals surface area contributed by atoms with Gasteiger partial charge in [0.05, 0.1) is 6.54 Å². The van der Waals surface area contributed by atoms with Crippen molar-refractivity contribution in [2.45, 2.75) is 65.3 Å². The lowest BCUT2D eigenvalue weighted by Crippen LogP contribution is -2.50. The van der Waals surface area contributed by atoms with Crippen LogP contribution in [0.5, 0.6) is 0 Å². The molecule has 1 aliphatic carbocycles. The van der Waals surface area contributed by atoms with E-state index in [0.717, 1.165) is 19.0 Å². The predicted molar refractivity (Wildman–Crippen MR) is 126 cm³/mol. The third-order valence-electron chi connectivity index (χ3n) is 6.97. The zero-order valence-corrected chi connectivity index (χ0v) is 20.2. The number of nitrogens with one attached hydrogen (secondary N) is 1. The van der Waals surface area contributed by atoms with Gasteiger partial charge in [0, 0.05) is 51.9 Å². The van der Waals surface area contributed by atoms with Gasteiger partial charge in [-0.3, -0.25) is 9.89 Å². The van der Waals surface area contributed by atoms with E-state index in [0.29, 0.717) is 11.5 Å². The summed E-state index contributed by atoms with van der Waals surface area (Å²) in [6.07, 6.45) is 8.54. The fraction of sp³-hybridized carbons (Fsp3) is 0.952. The van der Waals surface area contributed by atoms with Gasteiger partial charge in [0.15, 0.2) is 5.96 Å². The molecule has 1 spiro atoms. The molecule has 6 heteroatoms. The highest BCUT2D eigenvalue weighted by atomic mass is 127. The van der Waals surface area contributed by atoms with E-state index in [1.54, 1.807) is 0 Å². The van der Waals surface area contributed by atoms with E-state index in [1.165, 1.54) is 84.3 Å². The topological polar surface area (TPSA) is 34.1 Å². The summed E-state index contributed by atoms with van der Waals surface area (Å²) in [6.45, 7) is 17.1. The monoisotopic (exact) mass is 491 g/mol. The average molecular weight is 492 g/mol. The summed E-state index contributed by atoms with van der Waals surface area (Å²) in [5, 5.41) is 3.57. The van der Waals surface area contributed by atoms with Gasteiger partial charge in [-0.05, 0) is 45.1 Å². The standard InChI is InChI=1S/C21H41N5.HI/c1-4-22-20(26-12-11-21(18-26)9-7-6-8-10-21)23-17-19(3)25-15-13-24(5-2)14-16-25;/h19H,4-18H2,1-3H3,(H,22,23);1H. The largest absolute Gasteiger partial charge is 0.357 e. The highest BCUT2D eigenvalue weighted by Crippen LogP contribution is 2.43. The van der Waals surface area contributed by atoms with Crippen LogP contribution >= 0.6 is 24.0 Å². The molecule has 0 aromatic rings. The van der Waals surface area contributed by atoms with E-state index in [2.05, 4.69) is 40.8 Å². The number of hydrogen-bond acceptors (Lipinski definition) is 3. The Bertz CT molecular complexity index is 455. The Labute approximate surface area is 184 Å². The van der Waals surface area contributed by atoms with Crippen molar-refractivity contribution in [3.8, 4) is 0 Å². The summed E-state index contributed by atoms with van der Waals surface area (Å²) < 4.78 is 0. The Kier molecular flexibility index (Phi) is 9.62. The number of nitrogens with zero attached hydrogens (tertiary/aromatic N) is 4. The molecule has 0 radical (unpaired) electrons. The van der Waals surface area contributed by atoms with Crippen molar-refractivity contribution in [2.24, 2.45) is 10.4 Å². The minimum absolute atomic E-state index is 0. The minimum Gasteiger partial charge on any atom is -0.357 e. The van der Waals surface area contributed by atoms with Crippen LogP contribution in [0, 0.1) is 5.41 Å². The molecule has 2 heterocycles. The molecule has 3 aliphatic rings. The molecule has 1 N–H and O–H groups in total. The number of rotatable bonds is 5. The van der Waals surface area contributed by atoms with E-state index in [-0.39, 0.29) is 24.0 Å². The Morgan fingerprint density at radius 3 is 2.33 bits per heavy atom.